The number of benzene rings is 1. The molecule has 1 unspecified atom stereocenters. The van der Waals surface area contributed by atoms with Crippen molar-refractivity contribution in [3.05, 3.63) is 48.2 Å². The van der Waals surface area contributed by atoms with E-state index >= 15 is 0 Å². The molecule has 0 spiro atoms. The number of likely N-dealkylation sites (tertiary alicyclic amines) is 1. The lowest BCUT2D eigenvalue weighted by Gasteiger charge is -2.34. The first kappa shape index (κ1) is 19.6. The van der Waals surface area contributed by atoms with Crippen LogP contribution < -0.4 is 5.32 Å². The Morgan fingerprint density at radius 1 is 1.03 bits per heavy atom. The molecule has 1 aliphatic carbocycles. The van der Waals surface area contributed by atoms with E-state index in [4.69, 9.17) is 4.98 Å². The second-order valence-corrected chi connectivity index (χ2v) is 8.31. The van der Waals surface area contributed by atoms with Crippen LogP contribution in [0.4, 0.5) is 5.69 Å². The fourth-order valence-electron chi connectivity index (χ4n) is 4.65. The Bertz CT molecular complexity index is 889. The number of aromatic nitrogens is 1. The van der Waals surface area contributed by atoms with Crippen LogP contribution in [0.2, 0.25) is 0 Å². The van der Waals surface area contributed by atoms with Crippen LogP contribution in [-0.2, 0) is 9.59 Å². The summed E-state index contributed by atoms with van der Waals surface area (Å²) in [7, 11) is 0. The number of nitrogens with zero attached hydrogens (tertiary/aromatic N) is 2. The van der Waals surface area contributed by atoms with E-state index in [2.05, 4.69) is 16.3 Å². The van der Waals surface area contributed by atoms with Gasteiger partial charge in [0, 0.05) is 48.8 Å². The first-order valence-electron chi connectivity index (χ1n) is 10.7. The molecule has 1 saturated carbocycles. The van der Waals surface area contributed by atoms with Crippen LogP contribution in [-0.4, -0.2) is 34.8 Å². The zero-order valence-corrected chi connectivity index (χ0v) is 17.1. The van der Waals surface area contributed by atoms with E-state index in [9.17, 15) is 9.59 Å². The Labute approximate surface area is 172 Å². The van der Waals surface area contributed by atoms with Gasteiger partial charge in [-0.1, -0.05) is 31.0 Å². The molecule has 1 saturated heterocycles. The molecular weight excluding hydrogens is 362 g/mol. The van der Waals surface area contributed by atoms with Crippen molar-refractivity contribution in [2.24, 2.45) is 5.92 Å². The first-order valence-corrected chi connectivity index (χ1v) is 10.7. The van der Waals surface area contributed by atoms with Crippen molar-refractivity contribution in [2.45, 2.75) is 51.4 Å². The molecule has 1 aromatic carbocycles. The molecule has 2 fully saturated rings. The van der Waals surface area contributed by atoms with Gasteiger partial charge >= 0.3 is 0 Å². The molecule has 0 bridgehead atoms. The second-order valence-electron chi connectivity index (χ2n) is 8.31. The molecule has 1 atom stereocenters. The summed E-state index contributed by atoms with van der Waals surface area (Å²) in [6, 6.07) is 13.9. The number of amides is 2. The molecule has 2 aromatic rings. The quantitative estimate of drug-likeness (QED) is 0.828. The van der Waals surface area contributed by atoms with Crippen molar-refractivity contribution >= 4 is 17.5 Å². The van der Waals surface area contributed by atoms with Crippen molar-refractivity contribution in [1.29, 1.82) is 0 Å². The molecule has 0 radical (unpaired) electrons. The average Bonchev–Trinajstić information content (AvgIpc) is 3.28. The molecule has 1 aromatic heterocycles. The highest BCUT2D eigenvalue weighted by atomic mass is 16.2. The minimum atomic E-state index is -0.0851. The number of hydrogen-bond acceptors (Lipinski definition) is 3. The molecule has 5 heteroatoms. The normalized spacial score (nSPS) is 19.9. The Morgan fingerprint density at radius 2 is 1.83 bits per heavy atom. The lowest BCUT2D eigenvalue weighted by molar-refractivity contribution is -0.136. The highest BCUT2D eigenvalue weighted by Gasteiger charge is 2.31. The van der Waals surface area contributed by atoms with Crippen molar-refractivity contribution in [3.63, 3.8) is 0 Å². The lowest BCUT2D eigenvalue weighted by atomic mass is 9.92. The first-order chi connectivity index (χ1) is 14.1. The fraction of sp³-hybridized carbons (Fsp3) is 0.458. The molecule has 2 aliphatic rings. The van der Waals surface area contributed by atoms with E-state index in [1.807, 2.05) is 36.4 Å². The molecule has 5 nitrogen and oxygen atoms in total. The molecule has 2 amide bonds. The SMILES string of the molecule is CC(=O)Nc1cccc(-c2cccc(C3CCCN(C(=O)C4CCCC4)C3)n2)c1. The average molecular weight is 392 g/mol. The summed E-state index contributed by atoms with van der Waals surface area (Å²) in [6.45, 7) is 3.16. The molecule has 1 N–H and O–H groups in total. The topological polar surface area (TPSA) is 62.3 Å². The molecule has 1 aliphatic heterocycles. The largest absolute Gasteiger partial charge is 0.342 e. The van der Waals surface area contributed by atoms with Gasteiger partial charge in [0.25, 0.3) is 0 Å². The molecule has 152 valence electrons. The van der Waals surface area contributed by atoms with E-state index in [1.54, 1.807) is 0 Å². The zero-order chi connectivity index (χ0) is 20.2. The lowest BCUT2D eigenvalue weighted by Crippen LogP contribution is -2.42. The number of pyridine rings is 1. The van der Waals surface area contributed by atoms with Crippen molar-refractivity contribution in [3.8, 4) is 11.3 Å². The van der Waals surface area contributed by atoms with Crippen LogP contribution in [0.3, 0.4) is 0 Å². The zero-order valence-electron chi connectivity index (χ0n) is 17.1. The maximum Gasteiger partial charge on any atom is 0.225 e. The number of anilines is 1. The van der Waals surface area contributed by atoms with Crippen LogP contribution >= 0.6 is 0 Å². The summed E-state index contributed by atoms with van der Waals surface area (Å²) in [5.74, 6) is 0.793. The van der Waals surface area contributed by atoms with Gasteiger partial charge in [-0.3, -0.25) is 14.6 Å². The van der Waals surface area contributed by atoms with Gasteiger partial charge in [-0.25, -0.2) is 0 Å². The van der Waals surface area contributed by atoms with Crippen molar-refractivity contribution in [1.82, 2.24) is 9.88 Å². The van der Waals surface area contributed by atoms with Gasteiger partial charge in [-0.2, -0.15) is 0 Å². The van der Waals surface area contributed by atoms with E-state index < -0.39 is 0 Å². The summed E-state index contributed by atoms with van der Waals surface area (Å²) in [6.07, 6.45) is 6.59. The Balaban J connectivity index is 1.51. The van der Waals surface area contributed by atoms with Gasteiger partial charge in [0.1, 0.15) is 0 Å². The smallest absolute Gasteiger partial charge is 0.225 e. The third-order valence-corrected chi connectivity index (χ3v) is 6.11. The van der Waals surface area contributed by atoms with E-state index in [-0.39, 0.29) is 17.7 Å². The Hall–Kier alpha value is -2.69. The summed E-state index contributed by atoms with van der Waals surface area (Å²) < 4.78 is 0. The van der Waals surface area contributed by atoms with Crippen molar-refractivity contribution < 1.29 is 9.59 Å². The highest BCUT2D eigenvalue weighted by Crippen LogP contribution is 2.32. The third-order valence-electron chi connectivity index (χ3n) is 6.11. The van der Waals surface area contributed by atoms with Crippen LogP contribution in [0.15, 0.2) is 42.5 Å². The van der Waals surface area contributed by atoms with Gasteiger partial charge in [-0.15, -0.1) is 0 Å². The number of carbonyl (C=O) groups excluding carboxylic acids is 2. The van der Waals surface area contributed by atoms with Gasteiger partial charge in [0.2, 0.25) is 11.8 Å². The summed E-state index contributed by atoms with van der Waals surface area (Å²) in [4.78, 5) is 31.2. The minimum Gasteiger partial charge on any atom is -0.342 e. The van der Waals surface area contributed by atoms with Gasteiger partial charge < -0.3 is 10.2 Å². The number of rotatable bonds is 4. The predicted molar refractivity (Wildman–Crippen MR) is 114 cm³/mol. The molecular formula is C24H29N3O2. The molecule has 4 rings (SSSR count). The van der Waals surface area contributed by atoms with Crippen LogP contribution in [0.25, 0.3) is 11.3 Å². The van der Waals surface area contributed by atoms with Crippen LogP contribution in [0.5, 0.6) is 0 Å². The predicted octanol–water partition coefficient (Wildman–Crippen LogP) is 4.60. The monoisotopic (exact) mass is 391 g/mol. The minimum absolute atomic E-state index is 0.0851. The van der Waals surface area contributed by atoms with Crippen LogP contribution in [0, 0.1) is 5.92 Å². The fourth-order valence-corrected chi connectivity index (χ4v) is 4.65. The van der Waals surface area contributed by atoms with Gasteiger partial charge in [-0.05, 0) is 49.9 Å². The maximum atomic E-state index is 12.9. The second kappa shape index (κ2) is 8.76. The summed E-state index contributed by atoms with van der Waals surface area (Å²) in [5.41, 5.74) is 3.70. The third kappa shape index (κ3) is 4.66. The number of piperidine rings is 1. The summed E-state index contributed by atoms with van der Waals surface area (Å²) in [5, 5.41) is 2.83. The number of carbonyl (C=O) groups is 2. The molecule has 2 heterocycles. The van der Waals surface area contributed by atoms with E-state index in [1.165, 1.54) is 19.8 Å². The highest BCUT2D eigenvalue weighted by molar-refractivity contribution is 5.89. The van der Waals surface area contributed by atoms with E-state index in [0.29, 0.717) is 5.91 Å². The maximum absolute atomic E-state index is 12.9. The molecule has 29 heavy (non-hydrogen) atoms. The standard InChI is InChI=1S/C24H29N3O2/c1-17(28)25-21-11-4-9-19(15-21)22-12-5-13-23(26-22)20-10-6-14-27(16-20)24(29)18-7-2-3-8-18/h4-5,9,11-13,15,18,20H,2-3,6-8,10,14,16H2,1H3,(H,25,28). The Morgan fingerprint density at radius 3 is 2.62 bits per heavy atom. The number of nitrogens with one attached hydrogen (secondary N) is 1. The van der Waals surface area contributed by atoms with E-state index in [0.717, 1.165) is 61.4 Å². The van der Waals surface area contributed by atoms with Gasteiger partial charge in [0.15, 0.2) is 0 Å². The summed E-state index contributed by atoms with van der Waals surface area (Å²) >= 11 is 0. The van der Waals surface area contributed by atoms with Crippen LogP contribution in [0.1, 0.15) is 57.1 Å². The van der Waals surface area contributed by atoms with Crippen molar-refractivity contribution in [2.75, 3.05) is 18.4 Å². The number of hydrogen-bond donors (Lipinski definition) is 1. The Kier molecular flexibility index (Phi) is 5.93. The van der Waals surface area contributed by atoms with Gasteiger partial charge in [0.05, 0.1) is 5.69 Å².